The zero-order valence-electron chi connectivity index (χ0n) is 12.8. The Morgan fingerprint density at radius 1 is 0.760 bits per heavy atom. The van der Waals surface area contributed by atoms with Crippen LogP contribution in [0.4, 0.5) is 8.78 Å². The lowest BCUT2D eigenvalue weighted by atomic mass is 9.94. The number of benzene rings is 3. The zero-order valence-corrected chi connectivity index (χ0v) is 13.6. The fraction of sp³-hybridized carbons (Fsp3) is 0. The molecule has 0 radical (unpaired) electrons. The molecular weight excluding hydrogens is 348 g/mol. The van der Waals surface area contributed by atoms with Gasteiger partial charge < -0.3 is 5.11 Å². The average Bonchev–Trinajstić information content (AvgIpc) is 2.57. The maximum absolute atomic E-state index is 13.8. The Balaban J connectivity index is 2.18. The first-order valence-electron chi connectivity index (χ1n) is 7.17. The fourth-order valence-electron chi connectivity index (χ4n) is 2.49. The lowest BCUT2D eigenvalue weighted by molar-refractivity contribution is 0.475. The highest BCUT2D eigenvalue weighted by Crippen LogP contribution is 2.35. The zero-order chi connectivity index (χ0) is 18.2. The van der Waals surface area contributed by atoms with Gasteiger partial charge in [-0.1, -0.05) is 24.3 Å². The van der Waals surface area contributed by atoms with E-state index in [-0.39, 0.29) is 10.6 Å². The van der Waals surface area contributed by atoms with Crippen LogP contribution in [0.15, 0.2) is 65.6 Å². The van der Waals surface area contributed by atoms with Crippen LogP contribution in [-0.4, -0.2) is 13.5 Å². The maximum atomic E-state index is 13.8. The third-order valence-corrected chi connectivity index (χ3v) is 4.66. The highest BCUT2D eigenvalue weighted by molar-refractivity contribution is 7.89. The SMILES string of the molecule is NS(=O)(=O)c1ccc(-c2cc(F)c(F)cc2-c2ccc(O)cc2)cc1. The number of phenolic OH excluding ortho intramolecular Hbond substituents is 1. The molecule has 128 valence electrons. The Hall–Kier alpha value is -2.77. The Bertz CT molecular complexity index is 1030. The Morgan fingerprint density at radius 3 is 1.56 bits per heavy atom. The number of phenols is 1. The van der Waals surface area contributed by atoms with Gasteiger partial charge in [-0.05, 0) is 58.7 Å². The summed E-state index contributed by atoms with van der Waals surface area (Å²) in [7, 11) is -3.85. The number of halogens is 2. The number of primary sulfonamides is 1. The molecule has 0 unspecified atom stereocenters. The summed E-state index contributed by atoms with van der Waals surface area (Å²) in [5, 5.41) is 14.5. The van der Waals surface area contributed by atoms with Gasteiger partial charge >= 0.3 is 0 Å². The predicted octanol–water partition coefficient (Wildman–Crippen LogP) is 3.65. The van der Waals surface area contributed by atoms with Crippen LogP contribution in [0.5, 0.6) is 5.75 Å². The Morgan fingerprint density at radius 2 is 1.16 bits per heavy atom. The van der Waals surface area contributed by atoms with Gasteiger partial charge in [-0.2, -0.15) is 0 Å². The van der Waals surface area contributed by atoms with E-state index in [1.807, 2.05) is 0 Å². The molecule has 3 aromatic carbocycles. The van der Waals surface area contributed by atoms with Crippen molar-refractivity contribution in [1.29, 1.82) is 0 Å². The van der Waals surface area contributed by atoms with Crippen LogP contribution in [-0.2, 0) is 10.0 Å². The van der Waals surface area contributed by atoms with E-state index in [1.54, 1.807) is 12.1 Å². The summed E-state index contributed by atoms with van der Waals surface area (Å²) in [6, 6.07) is 13.7. The van der Waals surface area contributed by atoms with E-state index < -0.39 is 21.7 Å². The number of hydrogen-bond donors (Lipinski definition) is 2. The second-order valence-corrected chi connectivity index (χ2v) is 6.99. The molecule has 0 fully saturated rings. The predicted molar refractivity (Wildman–Crippen MR) is 90.3 cm³/mol. The Kier molecular flexibility index (Phi) is 4.28. The molecule has 25 heavy (non-hydrogen) atoms. The largest absolute Gasteiger partial charge is 0.508 e. The van der Waals surface area contributed by atoms with Crippen LogP contribution in [0.1, 0.15) is 0 Å². The molecule has 7 heteroatoms. The minimum atomic E-state index is -3.85. The van der Waals surface area contributed by atoms with Crippen molar-refractivity contribution in [3.8, 4) is 28.0 Å². The van der Waals surface area contributed by atoms with Crippen molar-refractivity contribution < 1.29 is 22.3 Å². The van der Waals surface area contributed by atoms with Crippen molar-refractivity contribution in [2.45, 2.75) is 4.90 Å². The quantitative estimate of drug-likeness (QED) is 0.747. The van der Waals surface area contributed by atoms with Crippen molar-refractivity contribution in [3.63, 3.8) is 0 Å². The highest BCUT2D eigenvalue weighted by atomic mass is 32.2. The molecule has 0 aliphatic rings. The van der Waals surface area contributed by atoms with Crippen molar-refractivity contribution in [3.05, 3.63) is 72.3 Å². The van der Waals surface area contributed by atoms with Gasteiger partial charge in [-0.25, -0.2) is 22.3 Å². The van der Waals surface area contributed by atoms with Gasteiger partial charge in [0.05, 0.1) is 4.90 Å². The van der Waals surface area contributed by atoms with Crippen molar-refractivity contribution >= 4 is 10.0 Å². The summed E-state index contributed by atoms with van der Waals surface area (Å²) >= 11 is 0. The van der Waals surface area contributed by atoms with Crippen LogP contribution >= 0.6 is 0 Å². The van der Waals surface area contributed by atoms with Crippen molar-refractivity contribution in [2.75, 3.05) is 0 Å². The van der Waals surface area contributed by atoms with Crippen LogP contribution in [0.25, 0.3) is 22.3 Å². The van der Waals surface area contributed by atoms with Crippen molar-refractivity contribution in [1.82, 2.24) is 0 Å². The van der Waals surface area contributed by atoms with Crippen molar-refractivity contribution in [2.24, 2.45) is 5.14 Å². The smallest absolute Gasteiger partial charge is 0.238 e. The molecule has 4 nitrogen and oxygen atoms in total. The van der Waals surface area contributed by atoms with Crippen LogP contribution < -0.4 is 5.14 Å². The fourth-order valence-corrected chi connectivity index (χ4v) is 3.01. The van der Waals surface area contributed by atoms with Gasteiger partial charge in [0.25, 0.3) is 0 Å². The van der Waals surface area contributed by atoms with E-state index in [1.165, 1.54) is 36.4 Å². The molecule has 0 saturated heterocycles. The first kappa shape index (κ1) is 17.1. The van der Waals surface area contributed by atoms with E-state index in [0.717, 1.165) is 12.1 Å². The van der Waals surface area contributed by atoms with Crippen LogP contribution in [0.3, 0.4) is 0 Å². The van der Waals surface area contributed by atoms with Gasteiger partial charge in [0.1, 0.15) is 5.75 Å². The molecule has 3 rings (SSSR count). The standard InChI is InChI=1S/C18H13F2NO3S/c19-17-9-15(11-1-5-13(22)6-2-11)16(10-18(17)20)12-3-7-14(8-4-12)25(21,23)24/h1-10,22H,(H2,21,23,24). The molecule has 0 spiro atoms. The molecule has 0 aliphatic heterocycles. The molecule has 0 heterocycles. The molecule has 0 bridgehead atoms. The lowest BCUT2D eigenvalue weighted by Gasteiger charge is -2.12. The number of nitrogens with two attached hydrogens (primary N) is 1. The monoisotopic (exact) mass is 361 g/mol. The molecule has 0 amide bonds. The van der Waals surface area contributed by atoms with Gasteiger partial charge in [0, 0.05) is 0 Å². The molecule has 0 aromatic heterocycles. The number of sulfonamides is 1. The minimum Gasteiger partial charge on any atom is -0.508 e. The normalized spacial score (nSPS) is 11.5. The summed E-state index contributed by atoms with van der Waals surface area (Å²) in [4.78, 5) is -0.0787. The summed E-state index contributed by atoms with van der Waals surface area (Å²) in [5.41, 5.74) is 1.85. The first-order valence-corrected chi connectivity index (χ1v) is 8.72. The molecule has 3 aromatic rings. The summed E-state index contributed by atoms with van der Waals surface area (Å²) < 4.78 is 50.2. The van der Waals surface area contributed by atoms with E-state index in [4.69, 9.17) is 5.14 Å². The van der Waals surface area contributed by atoms with Gasteiger partial charge in [0.2, 0.25) is 10.0 Å². The van der Waals surface area contributed by atoms with E-state index in [0.29, 0.717) is 22.3 Å². The molecule has 0 aliphatic carbocycles. The second-order valence-electron chi connectivity index (χ2n) is 5.43. The summed E-state index contributed by atoms with van der Waals surface area (Å²) in [5.74, 6) is -1.98. The number of aromatic hydroxyl groups is 1. The van der Waals surface area contributed by atoms with Crippen LogP contribution in [0.2, 0.25) is 0 Å². The van der Waals surface area contributed by atoms with Gasteiger partial charge in [-0.3, -0.25) is 0 Å². The van der Waals surface area contributed by atoms with E-state index in [9.17, 15) is 22.3 Å². The topological polar surface area (TPSA) is 80.4 Å². The molecule has 3 N–H and O–H groups in total. The molecule has 0 saturated carbocycles. The number of rotatable bonds is 3. The van der Waals surface area contributed by atoms with Gasteiger partial charge in [-0.15, -0.1) is 0 Å². The third-order valence-electron chi connectivity index (χ3n) is 3.73. The summed E-state index contributed by atoms with van der Waals surface area (Å²) in [6.45, 7) is 0. The third kappa shape index (κ3) is 3.52. The highest BCUT2D eigenvalue weighted by Gasteiger charge is 2.14. The van der Waals surface area contributed by atoms with Crippen LogP contribution in [0, 0.1) is 11.6 Å². The Labute approximate surface area is 143 Å². The minimum absolute atomic E-state index is 0.0467. The van der Waals surface area contributed by atoms with E-state index in [2.05, 4.69) is 0 Å². The lowest BCUT2D eigenvalue weighted by Crippen LogP contribution is -2.11. The average molecular weight is 361 g/mol. The van der Waals surface area contributed by atoms with E-state index >= 15 is 0 Å². The second kappa shape index (κ2) is 6.27. The number of hydrogen-bond acceptors (Lipinski definition) is 3. The molecular formula is C18H13F2NO3S. The molecule has 0 atom stereocenters. The summed E-state index contributed by atoms with van der Waals surface area (Å²) in [6.07, 6.45) is 0. The first-order chi connectivity index (χ1) is 11.8. The van der Waals surface area contributed by atoms with Gasteiger partial charge in [0.15, 0.2) is 11.6 Å². The maximum Gasteiger partial charge on any atom is 0.238 e.